The summed E-state index contributed by atoms with van der Waals surface area (Å²) in [5.74, 6) is 0.600. The molecule has 1 heterocycles. The maximum absolute atomic E-state index is 11.0. The molecule has 5 nitrogen and oxygen atoms in total. The lowest BCUT2D eigenvalue weighted by molar-refractivity contribution is 0.0876. The van der Waals surface area contributed by atoms with E-state index in [0.717, 1.165) is 12.1 Å². The smallest absolute Gasteiger partial charge is 0.163 e. The molecule has 1 atom stereocenters. The highest BCUT2D eigenvalue weighted by Crippen LogP contribution is 2.35. The van der Waals surface area contributed by atoms with Gasteiger partial charge in [0.05, 0.1) is 19.9 Å². The summed E-state index contributed by atoms with van der Waals surface area (Å²) in [7, 11) is 5.61. The third kappa shape index (κ3) is 3.25. The van der Waals surface area contributed by atoms with Crippen LogP contribution in [0.3, 0.4) is 0 Å². The second-order valence-electron chi connectivity index (χ2n) is 5.53. The fourth-order valence-corrected chi connectivity index (χ4v) is 2.37. The topological polar surface area (TPSA) is 50.5 Å². The van der Waals surface area contributed by atoms with Gasteiger partial charge in [-0.25, -0.2) is 0 Å². The highest BCUT2D eigenvalue weighted by molar-refractivity contribution is 5.39. The average molecular weight is 289 g/mol. The van der Waals surface area contributed by atoms with Crippen molar-refractivity contribution < 1.29 is 9.84 Å². The summed E-state index contributed by atoms with van der Waals surface area (Å²) < 4.78 is 7.20. The lowest BCUT2D eigenvalue weighted by Gasteiger charge is -2.26. The Morgan fingerprint density at radius 1 is 1.29 bits per heavy atom. The van der Waals surface area contributed by atoms with E-state index < -0.39 is 5.60 Å². The molecule has 0 spiro atoms. The molecule has 0 saturated carbocycles. The van der Waals surface area contributed by atoms with Crippen molar-refractivity contribution in [1.29, 1.82) is 0 Å². The molecule has 0 bridgehead atoms. The van der Waals surface area contributed by atoms with Crippen LogP contribution in [0, 0.1) is 0 Å². The van der Waals surface area contributed by atoms with Gasteiger partial charge in [-0.1, -0.05) is 30.3 Å². The molecule has 21 heavy (non-hydrogen) atoms. The third-order valence-corrected chi connectivity index (χ3v) is 3.58. The van der Waals surface area contributed by atoms with Crippen LogP contribution in [0.15, 0.2) is 36.5 Å². The van der Waals surface area contributed by atoms with E-state index >= 15 is 0 Å². The van der Waals surface area contributed by atoms with Crippen LogP contribution in [0.25, 0.3) is 0 Å². The molecular weight excluding hydrogens is 266 g/mol. The minimum absolute atomic E-state index is 0.600. The Balaban J connectivity index is 2.43. The molecular formula is C16H23N3O2. The number of aliphatic hydroxyl groups is 1. The van der Waals surface area contributed by atoms with E-state index in [2.05, 4.69) is 10.00 Å². The van der Waals surface area contributed by atoms with Crippen molar-refractivity contribution in [3.8, 4) is 5.75 Å². The third-order valence-electron chi connectivity index (χ3n) is 3.58. The SMILES string of the molecule is COc1cnn(CCN(C)C)c1C(C)(O)c1ccccc1. The maximum atomic E-state index is 11.0. The minimum Gasteiger partial charge on any atom is -0.493 e. The van der Waals surface area contributed by atoms with Crippen LogP contribution < -0.4 is 4.74 Å². The Hall–Kier alpha value is -1.85. The largest absolute Gasteiger partial charge is 0.493 e. The van der Waals surface area contributed by atoms with Gasteiger partial charge in [0.15, 0.2) is 5.75 Å². The fourth-order valence-electron chi connectivity index (χ4n) is 2.37. The summed E-state index contributed by atoms with van der Waals surface area (Å²) in [5, 5.41) is 15.4. The van der Waals surface area contributed by atoms with Gasteiger partial charge in [0.2, 0.25) is 0 Å². The lowest BCUT2D eigenvalue weighted by Crippen LogP contribution is -2.29. The number of benzene rings is 1. The quantitative estimate of drug-likeness (QED) is 0.879. The molecule has 1 aromatic heterocycles. The van der Waals surface area contributed by atoms with Crippen molar-refractivity contribution in [1.82, 2.24) is 14.7 Å². The molecule has 0 amide bonds. The van der Waals surface area contributed by atoms with Crippen molar-refractivity contribution in [3.05, 3.63) is 47.8 Å². The van der Waals surface area contributed by atoms with Crippen molar-refractivity contribution >= 4 is 0 Å². The van der Waals surface area contributed by atoms with E-state index in [-0.39, 0.29) is 0 Å². The number of ether oxygens (including phenoxy) is 1. The molecule has 0 saturated heterocycles. The molecule has 5 heteroatoms. The number of rotatable bonds is 6. The van der Waals surface area contributed by atoms with Gasteiger partial charge in [0, 0.05) is 6.54 Å². The van der Waals surface area contributed by atoms with Crippen LogP contribution >= 0.6 is 0 Å². The van der Waals surface area contributed by atoms with Gasteiger partial charge >= 0.3 is 0 Å². The number of nitrogens with zero attached hydrogens (tertiary/aromatic N) is 3. The Morgan fingerprint density at radius 2 is 1.95 bits per heavy atom. The summed E-state index contributed by atoms with van der Waals surface area (Å²) in [5.41, 5.74) is 0.336. The molecule has 2 aromatic rings. The van der Waals surface area contributed by atoms with Gasteiger partial charge in [-0.3, -0.25) is 4.68 Å². The number of hydrogen-bond acceptors (Lipinski definition) is 4. The standard InChI is InChI=1S/C16H23N3O2/c1-16(20,13-8-6-5-7-9-13)15-14(21-4)12-17-19(15)11-10-18(2)3/h5-9,12,20H,10-11H2,1-4H3. The Kier molecular flexibility index (Phi) is 4.65. The molecule has 1 N–H and O–H groups in total. The molecule has 0 aliphatic rings. The zero-order valence-electron chi connectivity index (χ0n) is 13.1. The molecule has 1 unspecified atom stereocenters. The van der Waals surface area contributed by atoms with Gasteiger partial charge in [0.1, 0.15) is 11.3 Å². The molecule has 1 aromatic carbocycles. The van der Waals surface area contributed by atoms with Gasteiger partial charge < -0.3 is 14.7 Å². The zero-order valence-corrected chi connectivity index (χ0v) is 13.1. The number of likely N-dealkylation sites (N-methyl/N-ethyl adjacent to an activating group) is 1. The van der Waals surface area contributed by atoms with E-state index in [1.54, 1.807) is 20.2 Å². The molecule has 114 valence electrons. The van der Waals surface area contributed by atoms with Crippen LogP contribution in [0.4, 0.5) is 0 Å². The van der Waals surface area contributed by atoms with Gasteiger partial charge in [-0.2, -0.15) is 5.10 Å². The van der Waals surface area contributed by atoms with Crippen molar-refractivity contribution in [3.63, 3.8) is 0 Å². The van der Waals surface area contributed by atoms with Crippen LogP contribution in [-0.4, -0.2) is 47.5 Å². The normalized spacial score (nSPS) is 14.2. The average Bonchev–Trinajstić information content (AvgIpc) is 2.89. The van der Waals surface area contributed by atoms with E-state index in [1.807, 2.05) is 49.1 Å². The molecule has 0 aliphatic carbocycles. The zero-order chi connectivity index (χ0) is 15.5. The lowest BCUT2D eigenvalue weighted by atomic mass is 9.92. The number of aromatic nitrogens is 2. The summed E-state index contributed by atoms with van der Waals surface area (Å²) in [6.07, 6.45) is 1.66. The first-order valence-corrected chi connectivity index (χ1v) is 6.99. The summed E-state index contributed by atoms with van der Waals surface area (Å²) in [6, 6.07) is 9.57. The van der Waals surface area contributed by atoms with E-state index in [1.165, 1.54) is 0 Å². The summed E-state index contributed by atoms with van der Waals surface area (Å²) in [4.78, 5) is 2.08. The predicted molar refractivity (Wildman–Crippen MR) is 82.4 cm³/mol. The van der Waals surface area contributed by atoms with Crippen molar-refractivity contribution in [2.24, 2.45) is 0 Å². The summed E-state index contributed by atoms with van der Waals surface area (Å²) in [6.45, 7) is 3.30. The van der Waals surface area contributed by atoms with Crippen molar-refractivity contribution in [2.75, 3.05) is 27.7 Å². The second-order valence-corrected chi connectivity index (χ2v) is 5.53. The highest BCUT2D eigenvalue weighted by Gasteiger charge is 2.33. The minimum atomic E-state index is -1.16. The van der Waals surface area contributed by atoms with Gasteiger partial charge in [-0.05, 0) is 26.6 Å². The predicted octanol–water partition coefficient (Wildman–Crippen LogP) is 1.71. The van der Waals surface area contributed by atoms with Crippen LogP contribution in [0.2, 0.25) is 0 Å². The van der Waals surface area contributed by atoms with Crippen LogP contribution in [-0.2, 0) is 12.1 Å². The number of hydrogen-bond donors (Lipinski definition) is 1. The van der Waals surface area contributed by atoms with Crippen LogP contribution in [0.1, 0.15) is 18.2 Å². The Morgan fingerprint density at radius 3 is 2.52 bits per heavy atom. The Labute approximate surface area is 125 Å². The van der Waals surface area contributed by atoms with Crippen LogP contribution in [0.5, 0.6) is 5.75 Å². The Bertz CT molecular complexity index is 576. The van der Waals surface area contributed by atoms with Crippen molar-refractivity contribution in [2.45, 2.75) is 19.1 Å². The fraction of sp³-hybridized carbons (Fsp3) is 0.438. The second kappa shape index (κ2) is 6.28. The maximum Gasteiger partial charge on any atom is 0.163 e. The first-order chi connectivity index (χ1) is 9.96. The molecule has 0 radical (unpaired) electrons. The van der Waals surface area contributed by atoms with E-state index in [0.29, 0.717) is 18.0 Å². The van der Waals surface area contributed by atoms with E-state index in [4.69, 9.17) is 4.74 Å². The molecule has 0 fully saturated rings. The monoisotopic (exact) mass is 289 g/mol. The number of methoxy groups -OCH3 is 1. The first kappa shape index (κ1) is 15.5. The highest BCUT2D eigenvalue weighted by atomic mass is 16.5. The first-order valence-electron chi connectivity index (χ1n) is 6.99. The molecule has 2 rings (SSSR count). The molecule has 0 aliphatic heterocycles. The van der Waals surface area contributed by atoms with E-state index in [9.17, 15) is 5.11 Å². The van der Waals surface area contributed by atoms with Gasteiger partial charge in [-0.15, -0.1) is 0 Å². The van der Waals surface area contributed by atoms with Gasteiger partial charge in [0.25, 0.3) is 0 Å². The summed E-state index contributed by atoms with van der Waals surface area (Å²) >= 11 is 0.